The van der Waals surface area contributed by atoms with Crippen LogP contribution in [0.1, 0.15) is 112 Å². The highest BCUT2D eigenvalue weighted by Crippen LogP contribution is 2.36. The van der Waals surface area contributed by atoms with Crippen molar-refractivity contribution in [1.82, 2.24) is 10.0 Å². The molecule has 0 spiro atoms. The smallest absolute Gasteiger partial charge is 0.0978 e. The second kappa shape index (κ2) is 22.0. The minimum Gasteiger partial charge on any atom is -0.369 e. The molecule has 0 radical (unpaired) electrons. The first-order valence-electron chi connectivity index (χ1n) is 13.4. The van der Waals surface area contributed by atoms with Gasteiger partial charge in [-0.05, 0) is 111 Å². The summed E-state index contributed by atoms with van der Waals surface area (Å²) in [6.45, 7) is 14.2. The second-order valence-corrected chi connectivity index (χ2v) is 17.8. The number of hydrogen-bond acceptors (Lipinski definition) is 6. The summed E-state index contributed by atoms with van der Waals surface area (Å²) in [4.78, 5) is 12.5. The number of nitrogens with one attached hydrogen (secondary N) is 2. The molecule has 0 saturated carbocycles. The first-order valence-corrected chi connectivity index (χ1v) is 24.6. The average molecular weight is 1040 g/mol. The molecule has 13 heteroatoms. The molecular formula is C31H52Br2I2N4OS4. The van der Waals surface area contributed by atoms with Gasteiger partial charge in [-0.15, -0.1) is 22.7 Å². The zero-order valence-corrected chi connectivity index (χ0v) is 35.2. The van der Waals surface area contributed by atoms with Gasteiger partial charge in [0.05, 0.1) is 31.8 Å². The zero-order valence-electron chi connectivity index (χ0n) is 24.4. The van der Waals surface area contributed by atoms with Gasteiger partial charge in [-0.25, -0.2) is 8.93 Å². The standard InChI is InChI=1S/C15H23BrN2OS2.C13H17BrN2S2.3CH4.I2/c1-14(2,3)21(19)18-15(4,9-12-6-5-7-17-12)13-8-11(16)10-20-13;1-9(17)16-13(2,7-11-4-3-5-15-11)12-6-10(14)8-18-12;;;;1-2/h8,10,18H,5-7,9H2,1-4H3;6,8H,3-5,7H2,1-2H3,(H,16,17);3*1H4;/t15-,21+;13-;;;;/m00..../s1. The monoisotopic (exact) mass is 1040 g/mol. The van der Waals surface area contributed by atoms with Crippen LogP contribution in [0.4, 0.5) is 0 Å². The van der Waals surface area contributed by atoms with E-state index in [-0.39, 0.29) is 38.1 Å². The quantitative estimate of drug-likeness (QED) is 0.194. The van der Waals surface area contributed by atoms with Crippen LogP contribution < -0.4 is 10.0 Å². The molecule has 4 rings (SSSR count). The fourth-order valence-corrected chi connectivity index (χ4v) is 8.90. The van der Waals surface area contributed by atoms with Crippen LogP contribution in [0, 0.1) is 0 Å². The molecule has 44 heavy (non-hydrogen) atoms. The van der Waals surface area contributed by atoms with E-state index >= 15 is 0 Å². The normalized spacial score (nSPS) is 17.2. The Hall–Kier alpha value is 1.16. The number of halogens is 4. The molecule has 3 atom stereocenters. The third-order valence-electron chi connectivity index (χ3n) is 6.58. The van der Waals surface area contributed by atoms with Crippen LogP contribution in [0.25, 0.3) is 0 Å². The summed E-state index contributed by atoms with van der Waals surface area (Å²) < 4.78 is 17.9. The Labute approximate surface area is 324 Å². The van der Waals surface area contributed by atoms with Gasteiger partial charge in [-0.1, -0.05) is 34.5 Å². The van der Waals surface area contributed by atoms with Crippen molar-refractivity contribution < 1.29 is 4.21 Å². The van der Waals surface area contributed by atoms with Gasteiger partial charge < -0.3 is 5.32 Å². The summed E-state index contributed by atoms with van der Waals surface area (Å²) >= 11 is 20.0. The topological polar surface area (TPSA) is 65.8 Å². The molecular weight excluding hydrogens is 986 g/mol. The summed E-state index contributed by atoms with van der Waals surface area (Å²) in [6, 6.07) is 4.29. The van der Waals surface area contributed by atoms with E-state index in [4.69, 9.17) is 12.2 Å². The molecule has 0 saturated heterocycles. The number of rotatable bonds is 9. The Bertz CT molecular complexity index is 1250. The minimum atomic E-state index is -1.11. The summed E-state index contributed by atoms with van der Waals surface area (Å²) in [6.07, 6.45) is 6.28. The first kappa shape index (κ1) is 47.3. The van der Waals surface area contributed by atoms with Crippen molar-refractivity contribution in [3.63, 3.8) is 0 Å². The van der Waals surface area contributed by atoms with Crippen molar-refractivity contribution in [2.75, 3.05) is 13.1 Å². The Kier molecular flexibility index (Phi) is 23.6. The first-order chi connectivity index (χ1) is 19.2. The van der Waals surface area contributed by atoms with Crippen LogP contribution in [-0.4, -0.2) is 38.5 Å². The van der Waals surface area contributed by atoms with Gasteiger partial charge in [0.2, 0.25) is 0 Å². The highest BCUT2D eigenvalue weighted by atomic mass is 128. The molecule has 2 aromatic heterocycles. The third-order valence-corrected chi connectivity index (χ3v) is 12.3. The maximum Gasteiger partial charge on any atom is 0.0978 e. The van der Waals surface area contributed by atoms with Crippen molar-refractivity contribution >= 4 is 131 Å². The number of hydrogen-bond donors (Lipinski definition) is 2. The van der Waals surface area contributed by atoms with E-state index in [9.17, 15) is 4.21 Å². The van der Waals surface area contributed by atoms with Crippen molar-refractivity contribution in [2.24, 2.45) is 9.98 Å². The number of aliphatic imine (C=N–C) groups is 2. The molecule has 4 heterocycles. The third kappa shape index (κ3) is 15.1. The lowest BCUT2D eigenvalue weighted by Gasteiger charge is -2.32. The van der Waals surface area contributed by atoms with E-state index < -0.39 is 11.0 Å². The highest BCUT2D eigenvalue weighted by molar-refractivity contribution is 15.0. The summed E-state index contributed by atoms with van der Waals surface area (Å²) in [5, 5.41) is 7.64. The van der Waals surface area contributed by atoms with Gasteiger partial charge in [0.25, 0.3) is 0 Å². The minimum absolute atomic E-state index is 0. The van der Waals surface area contributed by atoms with Gasteiger partial charge >= 0.3 is 0 Å². The predicted octanol–water partition coefficient (Wildman–Crippen LogP) is 12.4. The van der Waals surface area contributed by atoms with Gasteiger partial charge in [-0.3, -0.25) is 9.98 Å². The molecule has 2 aliphatic heterocycles. The van der Waals surface area contributed by atoms with E-state index in [0.29, 0.717) is 0 Å². The number of thiophene rings is 2. The molecule has 0 bridgehead atoms. The fraction of sp³-hybridized carbons (Fsp3) is 0.645. The van der Waals surface area contributed by atoms with E-state index in [1.165, 1.54) is 27.6 Å². The van der Waals surface area contributed by atoms with E-state index in [1.807, 2.05) is 27.7 Å². The fourth-order valence-electron chi connectivity index (χ4n) is 4.62. The lowest BCUT2D eigenvalue weighted by molar-refractivity contribution is 0.464. The van der Waals surface area contributed by atoms with Gasteiger partial charge in [-0.2, -0.15) is 0 Å². The Morgan fingerprint density at radius 3 is 1.61 bits per heavy atom. The SMILES string of the molecule is C.C.C.CC(=S)N[C@@](C)(CC1=NCCC1)c1cc(Br)cs1.CC(C)(C)[S@@](=O)N[C@@](C)(CC1=NCCC1)c1cc(Br)cs1.II. The van der Waals surface area contributed by atoms with E-state index in [2.05, 4.69) is 126 Å². The van der Waals surface area contributed by atoms with Gasteiger partial charge in [0.1, 0.15) is 0 Å². The zero-order chi connectivity index (χ0) is 30.8. The van der Waals surface area contributed by atoms with Gasteiger partial charge in [0, 0.05) is 104 Å². The molecule has 0 aliphatic carbocycles. The maximum atomic E-state index is 12.6. The van der Waals surface area contributed by atoms with Crippen molar-refractivity contribution in [3.05, 3.63) is 41.6 Å². The number of thiocarbonyl (C=S) groups is 1. The Balaban J connectivity index is 0. The van der Waals surface area contributed by atoms with Gasteiger partial charge in [0.15, 0.2) is 0 Å². The second-order valence-electron chi connectivity index (χ2n) is 11.5. The van der Waals surface area contributed by atoms with Crippen LogP contribution in [0.15, 0.2) is 41.8 Å². The number of nitrogens with zero attached hydrogens (tertiary/aromatic N) is 2. The molecule has 0 amide bonds. The lowest BCUT2D eigenvalue weighted by atomic mass is 9.91. The molecule has 2 aromatic rings. The predicted molar refractivity (Wildman–Crippen MR) is 232 cm³/mol. The average Bonchev–Trinajstić information content (AvgIpc) is 3.69. The van der Waals surface area contributed by atoms with Crippen LogP contribution in [0.2, 0.25) is 0 Å². The molecule has 254 valence electrons. The van der Waals surface area contributed by atoms with Crippen LogP contribution in [-0.2, 0) is 22.1 Å². The van der Waals surface area contributed by atoms with Crippen molar-refractivity contribution in [2.45, 2.75) is 118 Å². The summed E-state index contributed by atoms with van der Waals surface area (Å²) in [5.41, 5.74) is 2.08. The van der Waals surface area contributed by atoms with Crippen molar-refractivity contribution in [1.29, 1.82) is 0 Å². The largest absolute Gasteiger partial charge is 0.369 e. The molecule has 5 nitrogen and oxygen atoms in total. The Morgan fingerprint density at radius 2 is 1.30 bits per heavy atom. The molecule has 0 fully saturated rings. The highest BCUT2D eigenvalue weighted by Gasteiger charge is 2.35. The summed E-state index contributed by atoms with van der Waals surface area (Å²) in [5.74, 6) is 0. The lowest BCUT2D eigenvalue weighted by Crippen LogP contribution is -2.46. The molecule has 2 N–H and O–H groups in total. The van der Waals surface area contributed by atoms with Crippen molar-refractivity contribution in [3.8, 4) is 0 Å². The molecule has 0 aromatic carbocycles. The van der Waals surface area contributed by atoms with Crippen LogP contribution >= 0.6 is 104 Å². The molecule has 0 unspecified atom stereocenters. The van der Waals surface area contributed by atoms with E-state index in [0.717, 1.165) is 59.1 Å². The maximum absolute atomic E-state index is 12.6. The summed E-state index contributed by atoms with van der Waals surface area (Å²) in [7, 11) is -1.11. The van der Waals surface area contributed by atoms with Crippen LogP contribution in [0.3, 0.4) is 0 Å². The molecule has 2 aliphatic rings. The van der Waals surface area contributed by atoms with Crippen LogP contribution in [0.5, 0.6) is 0 Å². The Morgan fingerprint density at radius 1 is 0.886 bits per heavy atom. The van der Waals surface area contributed by atoms with E-state index in [1.54, 1.807) is 22.7 Å².